The molecule has 0 saturated carbocycles. The number of anilines is 2. The fourth-order valence-corrected chi connectivity index (χ4v) is 3.61. The summed E-state index contributed by atoms with van der Waals surface area (Å²) < 4.78 is 22.1. The standard InChI is InChI=1S/C27H28N2O6/c1-32-21-9-11-23(12-10-21)33-16-5-15-29-24-18-20(8-13-25(24)35-19-27(29)31)28-26(30)14-17-34-22-6-3-2-4-7-22/h2-4,6-13,18H,5,14-17,19H2,1H3,(H,28,30). The lowest BCUT2D eigenvalue weighted by molar-refractivity contribution is -0.121. The molecule has 0 aromatic heterocycles. The van der Waals surface area contributed by atoms with Gasteiger partial charge in [0.05, 0.1) is 32.4 Å². The van der Waals surface area contributed by atoms with Crippen LogP contribution in [0.4, 0.5) is 11.4 Å². The van der Waals surface area contributed by atoms with Gasteiger partial charge in [-0.3, -0.25) is 9.59 Å². The summed E-state index contributed by atoms with van der Waals surface area (Å²) in [4.78, 5) is 26.6. The average Bonchev–Trinajstić information content (AvgIpc) is 2.88. The van der Waals surface area contributed by atoms with Crippen molar-refractivity contribution in [2.75, 3.05) is 43.7 Å². The highest BCUT2D eigenvalue weighted by molar-refractivity contribution is 5.99. The minimum absolute atomic E-state index is 0.0190. The molecule has 1 heterocycles. The zero-order chi connectivity index (χ0) is 24.5. The van der Waals surface area contributed by atoms with Crippen molar-refractivity contribution in [1.29, 1.82) is 0 Å². The molecule has 3 aromatic carbocycles. The summed E-state index contributed by atoms with van der Waals surface area (Å²) in [5.41, 5.74) is 1.22. The van der Waals surface area contributed by atoms with E-state index in [4.69, 9.17) is 18.9 Å². The van der Waals surface area contributed by atoms with E-state index in [1.165, 1.54) is 0 Å². The van der Waals surface area contributed by atoms with Gasteiger partial charge < -0.3 is 29.2 Å². The molecule has 0 spiro atoms. The van der Waals surface area contributed by atoms with Gasteiger partial charge in [-0.1, -0.05) is 18.2 Å². The molecule has 0 bridgehead atoms. The van der Waals surface area contributed by atoms with Crippen LogP contribution in [0.3, 0.4) is 0 Å². The molecule has 0 radical (unpaired) electrons. The number of ether oxygens (including phenoxy) is 4. The largest absolute Gasteiger partial charge is 0.497 e. The topological polar surface area (TPSA) is 86.3 Å². The zero-order valence-corrected chi connectivity index (χ0v) is 19.6. The number of nitrogens with one attached hydrogen (secondary N) is 1. The van der Waals surface area contributed by atoms with Crippen LogP contribution in [0, 0.1) is 0 Å². The molecule has 8 nitrogen and oxygen atoms in total. The lowest BCUT2D eigenvalue weighted by Crippen LogP contribution is -2.39. The van der Waals surface area contributed by atoms with Crippen LogP contribution in [0.2, 0.25) is 0 Å². The van der Waals surface area contributed by atoms with Crippen LogP contribution < -0.4 is 29.2 Å². The summed E-state index contributed by atoms with van der Waals surface area (Å²) in [6.07, 6.45) is 0.832. The van der Waals surface area contributed by atoms with Gasteiger partial charge in [-0.2, -0.15) is 0 Å². The maximum Gasteiger partial charge on any atom is 0.265 e. The van der Waals surface area contributed by atoms with E-state index in [-0.39, 0.29) is 31.4 Å². The second-order valence-corrected chi connectivity index (χ2v) is 7.85. The Balaban J connectivity index is 1.30. The number of hydrogen-bond donors (Lipinski definition) is 1. The first kappa shape index (κ1) is 23.9. The Morgan fingerprint density at radius 3 is 2.43 bits per heavy atom. The fraction of sp³-hybridized carbons (Fsp3) is 0.259. The van der Waals surface area contributed by atoms with E-state index >= 15 is 0 Å². The second kappa shape index (κ2) is 11.8. The molecule has 0 saturated heterocycles. The molecular weight excluding hydrogens is 448 g/mol. The maximum absolute atomic E-state index is 12.5. The predicted molar refractivity (Wildman–Crippen MR) is 133 cm³/mol. The predicted octanol–water partition coefficient (Wildman–Crippen LogP) is 4.30. The molecule has 35 heavy (non-hydrogen) atoms. The number of hydrogen-bond acceptors (Lipinski definition) is 6. The first-order valence-corrected chi connectivity index (χ1v) is 11.4. The van der Waals surface area contributed by atoms with Crippen molar-refractivity contribution in [3.05, 3.63) is 72.8 Å². The fourth-order valence-electron chi connectivity index (χ4n) is 3.61. The van der Waals surface area contributed by atoms with E-state index in [1.54, 1.807) is 30.2 Å². The third-order valence-electron chi connectivity index (χ3n) is 5.38. The number of fused-ring (bicyclic) bond motifs is 1. The number of nitrogens with zero attached hydrogens (tertiary/aromatic N) is 1. The molecule has 4 rings (SSSR count). The number of benzene rings is 3. The van der Waals surface area contributed by atoms with E-state index in [1.807, 2.05) is 54.6 Å². The summed E-state index contributed by atoms with van der Waals surface area (Å²) in [5.74, 6) is 2.51. The van der Waals surface area contributed by atoms with Gasteiger partial charge in [-0.05, 0) is 61.0 Å². The van der Waals surface area contributed by atoms with Crippen LogP contribution in [0.25, 0.3) is 0 Å². The lowest BCUT2D eigenvalue weighted by Gasteiger charge is -2.30. The van der Waals surface area contributed by atoms with Gasteiger partial charge in [0.25, 0.3) is 5.91 Å². The Bertz CT molecular complexity index is 1130. The Kier molecular flexibility index (Phi) is 8.06. The number of rotatable bonds is 11. The van der Waals surface area contributed by atoms with E-state index in [9.17, 15) is 9.59 Å². The van der Waals surface area contributed by atoms with Gasteiger partial charge in [0.15, 0.2) is 6.61 Å². The van der Waals surface area contributed by atoms with Gasteiger partial charge in [-0.25, -0.2) is 0 Å². The third-order valence-corrected chi connectivity index (χ3v) is 5.38. The number of methoxy groups -OCH3 is 1. The first-order valence-electron chi connectivity index (χ1n) is 11.4. The van der Waals surface area contributed by atoms with E-state index in [0.717, 1.165) is 17.2 Å². The molecule has 1 aliphatic rings. The average molecular weight is 477 g/mol. The van der Waals surface area contributed by atoms with Gasteiger partial charge in [0, 0.05) is 12.2 Å². The van der Waals surface area contributed by atoms with Crippen molar-refractivity contribution in [3.8, 4) is 23.0 Å². The normalized spacial score (nSPS) is 12.4. The summed E-state index contributed by atoms with van der Waals surface area (Å²) in [5, 5.41) is 2.86. The Morgan fingerprint density at radius 2 is 1.66 bits per heavy atom. The smallest absolute Gasteiger partial charge is 0.265 e. The molecule has 8 heteroatoms. The van der Waals surface area contributed by atoms with Crippen molar-refractivity contribution < 1.29 is 28.5 Å². The van der Waals surface area contributed by atoms with E-state index in [0.29, 0.717) is 36.7 Å². The summed E-state index contributed by atoms with van der Waals surface area (Å²) in [7, 11) is 1.62. The number of carbonyl (C=O) groups is 2. The van der Waals surface area contributed by atoms with Crippen molar-refractivity contribution >= 4 is 23.2 Å². The highest BCUT2D eigenvalue weighted by atomic mass is 16.5. The van der Waals surface area contributed by atoms with Crippen molar-refractivity contribution in [2.45, 2.75) is 12.8 Å². The minimum atomic E-state index is -0.177. The van der Waals surface area contributed by atoms with Gasteiger partial charge in [-0.15, -0.1) is 0 Å². The SMILES string of the molecule is COc1ccc(OCCCN2C(=O)COc3ccc(NC(=O)CCOc4ccccc4)cc32)cc1. The van der Waals surface area contributed by atoms with Crippen LogP contribution in [0.1, 0.15) is 12.8 Å². The van der Waals surface area contributed by atoms with Crippen LogP contribution in [0.5, 0.6) is 23.0 Å². The molecule has 0 atom stereocenters. The van der Waals surface area contributed by atoms with E-state index in [2.05, 4.69) is 5.32 Å². The Morgan fingerprint density at radius 1 is 0.943 bits per heavy atom. The van der Waals surface area contributed by atoms with Crippen molar-refractivity contribution in [3.63, 3.8) is 0 Å². The maximum atomic E-state index is 12.5. The van der Waals surface area contributed by atoms with Gasteiger partial charge >= 0.3 is 0 Å². The number of amides is 2. The molecule has 1 N–H and O–H groups in total. The Labute approximate surface area is 204 Å². The molecule has 0 fully saturated rings. The zero-order valence-electron chi connectivity index (χ0n) is 19.6. The van der Waals surface area contributed by atoms with Crippen LogP contribution in [-0.4, -0.2) is 45.3 Å². The van der Waals surface area contributed by atoms with Crippen LogP contribution >= 0.6 is 0 Å². The number of para-hydroxylation sites is 1. The molecule has 1 aliphatic heterocycles. The monoisotopic (exact) mass is 476 g/mol. The lowest BCUT2D eigenvalue weighted by atomic mass is 10.2. The molecule has 3 aromatic rings. The Hall–Kier alpha value is -4.20. The molecular formula is C27H28N2O6. The quantitative estimate of drug-likeness (QED) is 0.416. The second-order valence-electron chi connectivity index (χ2n) is 7.85. The molecule has 0 unspecified atom stereocenters. The summed E-state index contributed by atoms with van der Waals surface area (Å²) in [6.45, 7) is 1.16. The highest BCUT2D eigenvalue weighted by Crippen LogP contribution is 2.34. The van der Waals surface area contributed by atoms with Gasteiger partial charge in [0.1, 0.15) is 23.0 Å². The summed E-state index contributed by atoms with van der Waals surface area (Å²) >= 11 is 0. The number of carbonyl (C=O) groups excluding carboxylic acids is 2. The van der Waals surface area contributed by atoms with Crippen LogP contribution in [0.15, 0.2) is 72.8 Å². The van der Waals surface area contributed by atoms with E-state index < -0.39 is 0 Å². The van der Waals surface area contributed by atoms with Crippen molar-refractivity contribution in [1.82, 2.24) is 0 Å². The highest BCUT2D eigenvalue weighted by Gasteiger charge is 2.25. The van der Waals surface area contributed by atoms with Crippen LogP contribution in [-0.2, 0) is 9.59 Å². The summed E-state index contributed by atoms with van der Waals surface area (Å²) in [6, 6.07) is 22.0. The molecule has 182 valence electrons. The first-order chi connectivity index (χ1) is 17.1. The van der Waals surface area contributed by atoms with Crippen molar-refractivity contribution in [2.24, 2.45) is 0 Å². The van der Waals surface area contributed by atoms with Gasteiger partial charge in [0.2, 0.25) is 5.91 Å². The molecule has 0 aliphatic carbocycles. The molecule has 2 amide bonds. The third kappa shape index (κ3) is 6.66. The minimum Gasteiger partial charge on any atom is -0.497 e.